The van der Waals surface area contributed by atoms with E-state index in [4.69, 9.17) is 4.74 Å². The van der Waals surface area contributed by atoms with Crippen LogP contribution in [-0.2, 0) is 14.3 Å². The summed E-state index contributed by atoms with van der Waals surface area (Å²) in [5.74, 6) is -0.613. The quantitative estimate of drug-likeness (QED) is 0.0246. The van der Waals surface area contributed by atoms with E-state index in [1.165, 1.54) is 148 Å². The van der Waals surface area contributed by atoms with E-state index in [9.17, 15) is 19.8 Å². The molecule has 0 aromatic heterocycles. The molecule has 0 saturated carbocycles. The zero-order valence-corrected chi connectivity index (χ0v) is 38.4. The second-order valence-corrected chi connectivity index (χ2v) is 16.9. The molecule has 0 aliphatic rings. The molecular formula is C52H95NO5. The Morgan fingerprint density at radius 1 is 0.534 bits per heavy atom. The molecule has 0 rings (SSSR count). The van der Waals surface area contributed by atoms with Crippen LogP contribution >= 0.6 is 0 Å². The van der Waals surface area contributed by atoms with Gasteiger partial charge in [0.15, 0.2) is 0 Å². The van der Waals surface area contributed by atoms with Crippen LogP contribution in [0.5, 0.6) is 0 Å². The number of esters is 1. The number of nitrogens with one attached hydrogen (secondary N) is 1. The zero-order chi connectivity index (χ0) is 42.4. The van der Waals surface area contributed by atoms with Crippen molar-refractivity contribution in [1.29, 1.82) is 0 Å². The molecule has 0 aromatic rings. The van der Waals surface area contributed by atoms with E-state index in [1.807, 2.05) is 12.2 Å². The van der Waals surface area contributed by atoms with Gasteiger partial charge in [0.25, 0.3) is 0 Å². The predicted molar refractivity (Wildman–Crippen MR) is 250 cm³/mol. The van der Waals surface area contributed by atoms with Crippen LogP contribution in [0.1, 0.15) is 245 Å². The third kappa shape index (κ3) is 40.6. The molecule has 0 aliphatic carbocycles. The molecule has 0 radical (unpaired) electrons. The Morgan fingerprint density at radius 2 is 0.966 bits per heavy atom. The first-order valence-electron chi connectivity index (χ1n) is 24.9. The number of carbonyl (C=O) groups is 2. The first-order chi connectivity index (χ1) is 28.5. The summed E-state index contributed by atoms with van der Waals surface area (Å²) in [5, 5.41) is 23.7. The van der Waals surface area contributed by atoms with Crippen molar-refractivity contribution in [1.82, 2.24) is 5.32 Å². The Labute approximate surface area is 359 Å². The van der Waals surface area contributed by atoms with Crippen molar-refractivity contribution >= 4 is 11.9 Å². The summed E-state index contributed by atoms with van der Waals surface area (Å²) in [6, 6.07) is -0.733. The Kier molecular flexibility index (Phi) is 44.2. The molecular weight excluding hydrogens is 719 g/mol. The summed E-state index contributed by atoms with van der Waals surface area (Å²) in [6.07, 6.45) is 54.8. The smallest absolute Gasteiger partial charge is 0.306 e. The van der Waals surface area contributed by atoms with Gasteiger partial charge in [0, 0.05) is 6.42 Å². The van der Waals surface area contributed by atoms with Crippen LogP contribution in [0.25, 0.3) is 0 Å². The fraction of sp³-hybridized carbons (Fsp3) is 0.808. The van der Waals surface area contributed by atoms with E-state index in [1.54, 1.807) is 0 Å². The second kappa shape index (κ2) is 45.9. The first kappa shape index (κ1) is 55.8. The molecule has 3 unspecified atom stereocenters. The maximum Gasteiger partial charge on any atom is 0.306 e. The summed E-state index contributed by atoms with van der Waals surface area (Å²) >= 11 is 0. The van der Waals surface area contributed by atoms with Crippen LogP contribution in [-0.4, -0.2) is 46.9 Å². The monoisotopic (exact) mass is 814 g/mol. The van der Waals surface area contributed by atoms with Gasteiger partial charge in [-0.05, 0) is 63.9 Å². The van der Waals surface area contributed by atoms with E-state index in [0.717, 1.165) is 51.4 Å². The minimum atomic E-state index is -0.811. The molecule has 1 amide bonds. The lowest BCUT2D eigenvalue weighted by atomic mass is 10.0. The van der Waals surface area contributed by atoms with E-state index < -0.39 is 18.2 Å². The minimum Gasteiger partial charge on any atom is -0.458 e. The number of ether oxygens (including phenoxy) is 1. The molecule has 0 spiro atoms. The average molecular weight is 814 g/mol. The highest BCUT2D eigenvalue weighted by molar-refractivity contribution is 5.78. The van der Waals surface area contributed by atoms with Crippen LogP contribution in [0.15, 0.2) is 48.6 Å². The lowest BCUT2D eigenvalue weighted by Gasteiger charge is -2.23. The fourth-order valence-corrected chi connectivity index (χ4v) is 7.33. The average Bonchev–Trinajstić information content (AvgIpc) is 3.22. The molecule has 3 N–H and O–H groups in total. The lowest BCUT2D eigenvalue weighted by molar-refractivity contribution is -0.148. The highest BCUT2D eigenvalue weighted by Crippen LogP contribution is 2.16. The molecule has 6 nitrogen and oxygen atoms in total. The van der Waals surface area contributed by atoms with E-state index in [0.29, 0.717) is 19.3 Å². The van der Waals surface area contributed by atoms with Gasteiger partial charge >= 0.3 is 5.97 Å². The molecule has 0 aliphatic heterocycles. The van der Waals surface area contributed by atoms with Gasteiger partial charge in [-0.2, -0.15) is 0 Å². The standard InChI is InChI=1S/C52H95NO5/c1-4-7-10-13-16-19-22-24-25-27-30-33-36-39-42-45-52(57)58-48(43-40-37-34-31-28-21-18-15-12-9-6-3)46-51(56)53-49(47-54)50(55)44-41-38-35-32-29-26-23-20-17-14-11-8-5-2/h16,19,22,24,31,34,40,43,48-50,54-55H,4-15,17-18,20-21,23,25-30,32-33,35-39,41-42,44-47H2,1-3H3,(H,53,56)/b19-16+,24-22+,34-31-,43-40+. The molecule has 6 heteroatoms. The number of rotatable bonds is 44. The highest BCUT2D eigenvalue weighted by atomic mass is 16.5. The Balaban J connectivity index is 4.63. The van der Waals surface area contributed by atoms with Gasteiger partial charge in [0.1, 0.15) is 6.10 Å². The Morgan fingerprint density at radius 3 is 1.48 bits per heavy atom. The molecule has 0 aromatic carbocycles. The molecule has 0 saturated heterocycles. The number of hydrogen-bond acceptors (Lipinski definition) is 5. The number of unbranched alkanes of at least 4 members (excludes halogenated alkanes) is 27. The minimum absolute atomic E-state index is 0.0330. The first-order valence-corrected chi connectivity index (χ1v) is 24.9. The van der Waals surface area contributed by atoms with Crippen molar-refractivity contribution in [3.63, 3.8) is 0 Å². The fourth-order valence-electron chi connectivity index (χ4n) is 7.33. The van der Waals surface area contributed by atoms with Gasteiger partial charge in [-0.25, -0.2) is 0 Å². The van der Waals surface area contributed by atoms with Gasteiger partial charge in [-0.3, -0.25) is 9.59 Å². The number of aliphatic hydroxyl groups excluding tert-OH is 2. The van der Waals surface area contributed by atoms with Crippen LogP contribution in [0.4, 0.5) is 0 Å². The Hall–Kier alpha value is -2.18. The molecule has 58 heavy (non-hydrogen) atoms. The van der Waals surface area contributed by atoms with E-state index in [2.05, 4.69) is 62.5 Å². The summed E-state index contributed by atoms with van der Waals surface area (Å²) < 4.78 is 5.81. The van der Waals surface area contributed by atoms with Crippen molar-refractivity contribution in [2.75, 3.05) is 6.61 Å². The summed E-state index contributed by atoms with van der Waals surface area (Å²) in [5.41, 5.74) is 0. The van der Waals surface area contributed by atoms with Crippen LogP contribution in [0, 0.1) is 0 Å². The third-order valence-corrected chi connectivity index (χ3v) is 11.2. The van der Waals surface area contributed by atoms with Gasteiger partial charge < -0.3 is 20.3 Å². The van der Waals surface area contributed by atoms with E-state index in [-0.39, 0.29) is 24.9 Å². The molecule has 0 heterocycles. The lowest BCUT2D eigenvalue weighted by Crippen LogP contribution is -2.46. The molecule has 0 fully saturated rings. The van der Waals surface area contributed by atoms with Gasteiger partial charge in [0.2, 0.25) is 5.91 Å². The topological polar surface area (TPSA) is 95.9 Å². The second-order valence-electron chi connectivity index (χ2n) is 16.9. The number of carbonyl (C=O) groups excluding carboxylic acids is 2. The number of allylic oxidation sites excluding steroid dienone is 7. The predicted octanol–water partition coefficient (Wildman–Crippen LogP) is 14.7. The molecule has 338 valence electrons. The number of aliphatic hydroxyl groups is 2. The normalized spacial score (nSPS) is 13.7. The summed E-state index contributed by atoms with van der Waals surface area (Å²) in [6.45, 7) is 6.41. The maximum atomic E-state index is 13.1. The zero-order valence-electron chi connectivity index (χ0n) is 38.4. The van der Waals surface area contributed by atoms with Crippen molar-refractivity contribution in [3.05, 3.63) is 48.6 Å². The number of hydrogen-bond donors (Lipinski definition) is 3. The molecule has 0 bridgehead atoms. The molecule has 3 atom stereocenters. The van der Waals surface area contributed by atoms with Crippen LogP contribution in [0.3, 0.4) is 0 Å². The van der Waals surface area contributed by atoms with Crippen LogP contribution in [0.2, 0.25) is 0 Å². The summed E-state index contributed by atoms with van der Waals surface area (Å²) in [4.78, 5) is 26.0. The van der Waals surface area contributed by atoms with Gasteiger partial charge in [-0.1, -0.05) is 217 Å². The van der Waals surface area contributed by atoms with Crippen LogP contribution < -0.4 is 5.32 Å². The van der Waals surface area contributed by atoms with E-state index >= 15 is 0 Å². The SMILES string of the molecule is CCCCC/C=C/C=C/CCCCCCCCC(=O)OC(/C=C/C/C=C\CCCCCCCC)CC(=O)NC(CO)C(O)CCCCCCCCCCCCCCC. The largest absolute Gasteiger partial charge is 0.458 e. The third-order valence-electron chi connectivity index (χ3n) is 11.2. The van der Waals surface area contributed by atoms with Gasteiger partial charge in [0.05, 0.1) is 25.2 Å². The summed E-state index contributed by atoms with van der Waals surface area (Å²) in [7, 11) is 0. The van der Waals surface area contributed by atoms with Crippen molar-refractivity contribution in [3.8, 4) is 0 Å². The highest BCUT2D eigenvalue weighted by Gasteiger charge is 2.23. The van der Waals surface area contributed by atoms with Crippen molar-refractivity contribution in [2.45, 2.75) is 264 Å². The van der Waals surface area contributed by atoms with Crippen molar-refractivity contribution in [2.24, 2.45) is 0 Å². The number of amides is 1. The maximum absolute atomic E-state index is 13.1. The van der Waals surface area contributed by atoms with Gasteiger partial charge in [-0.15, -0.1) is 0 Å². The Bertz CT molecular complexity index is 1000. The van der Waals surface area contributed by atoms with Crippen molar-refractivity contribution < 1.29 is 24.5 Å².